The first-order valence-corrected chi connectivity index (χ1v) is 7.22. The van der Waals surface area contributed by atoms with Gasteiger partial charge in [0.1, 0.15) is 5.84 Å². The molecule has 1 atom stereocenters. The Bertz CT molecular complexity index is 573. The third-order valence-corrected chi connectivity index (χ3v) is 3.50. The summed E-state index contributed by atoms with van der Waals surface area (Å²) in [6, 6.07) is 3.26. The van der Waals surface area contributed by atoms with E-state index in [0.29, 0.717) is 31.6 Å². The van der Waals surface area contributed by atoms with Crippen LogP contribution in [0.5, 0.6) is 0 Å². The number of pyridine rings is 1. The van der Waals surface area contributed by atoms with Crippen LogP contribution in [0, 0.1) is 5.92 Å². The molecule has 0 spiro atoms. The Kier molecular flexibility index (Phi) is 6.16. The molecule has 2 rings (SSSR count). The molecule has 1 aromatic rings. The normalized spacial score (nSPS) is 17.5. The number of hydrogen-bond acceptors (Lipinski definition) is 6. The number of halogens is 1. The maximum atomic E-state index is 13.9. The summed E-state index contributed by atoms with van der Waals surface area (Å²) in [6.07, 6.45) is 1.61. The second-order valence-electron chi connectivity index (χ2n) is 5.02. The highest BCUT2D eigenvalue weighted by molar-refractivity contribution is 6.03. The van der Waals surface area contributed by atoms with Gasteiger partial charge in [-0.25, -0.2) is 14.2 Å². The lowest BCUT2D eigenvalue weighted by molar-refractivity contribution is -0.154. The lowest BCUT2D eigenvalue weighted by atomic mass is 9.93. The molecule has 2 heterocycles. The SMILES string of the molecule is NC(=NCOC(=O)C(F)C(=O)C1CCOCC1)c1ccncc1. The van der Waals surface area contributed by atoms with Crippen molar-refractivity contribution in [3.63, 3.8) is 0 Å². The molecule has 0 radical (unpaired) electrons. The second-order valence-corrected chi connectivity index (χ2v) is 5.02. The number of amidine groups is 1. The van der Waals surface area contributed by atoms with Crippen LogP contribution >= 0.6 is 0 Å². The Morgan fingerprint density at radius 1 is 1.39 bits per heavy atom. The van der Waals surface area contributed by atoms with Crippen LogP contribution in [-0.2, 0) is 19.1 Å². The molecule has 1 saturated heterocycles. The number of esters is 1. The van der Waals surface area contributed by atoms with Crippen LogP contribution in [0.15, 0.2) is 29.5 Å². The summed E-state index contributed by atoms with van der Waals surface area (Å²) in [5, 5.41) is 0. The number of alkyl halides is 1. The van der Waals surface area contributed by atoms with Gasteiger partial charge in [-0.3, -0.25) is 9.78 Å². The number of nitrogens with two attached hydrogens (primary N) is 1. The van der Waals surface area contributed by atoms with Crippen molar-refractivity contribution in [1.82, 2.24) is 4.98 Å². The van der Waals surface area contributed by atoms with Gasteiger partial charge in [0.2, 0.25) is 0 Å². The largest absolute Gasteiger partial charge is 0.440 e. The van der Waals surface area contributed by atoms with E-state index >= 15 is 0 Å². The lowest BCUT2D eigenvalue weighted by Gasteiger charge is -2.21. The fourth-order valence-electron chi connectivity index (χ4n) is 2.16. The quantitative estimate of drug-likeness (QED) is 0.356. The first kappa shape index (κ1) is 17.0. The highest BCUT2D eigenvalue weighted by atomic mass is 19.1. The minimum atomic E-state index is -2.30. The van der Waals surface area contributed by atoms with Gasteiger partial charge < -0.3 is 15.2 Å². The topological polar surface area (TPSA) is 104 Å². The molecule has 8 heteroatoms. The van der Waals surface area contributed by atoms with Gasteiger partial charge in [-0.05, 0) is 25.0 Å². The molecule has 0 aliphatic carbocycles. The van der Waals surface area contributed by atoms with E-state index in [2.05, 4.69) is 14.7 Å². The molecule has 23 heavy (non-hydrogen) atoms. The minimum absolute atomic E-state index is 0.131. The first-order valence-electron chi connectivity index (χ1n) is 7.22. The van der Waals surface area contributed by atoms with Gasteiger partial charge in [0.05, 0.1) is 0 Å². The average Bonchev–Trinajstić information content (AvgIpc) is 2.61. The summed E-state index contributed by atoms with van der Waals surface area (Å²) in [6.45, 7) is 0.338. The Balaban J connectivity index is 1.83. The average molecular weight is 323 g/mol. The molecule has 0 amide bonds. The maximum absolute atomic E-state index is 13.9. The van der Waals surface area contributed by atoms with Crippen LogP contribution in [0.4, 0.5) is 4.39 Å². The smallest absolute Gasteiger partial charge is 0.350 e. The van der Waals surface area contributed by atoms with Gasteiger partial charge >= 0.3 is 5.97 Å². The number of carbonyl (C=O) groups excluding carboxylic acids is 2. The molecule has 124 valence electrons. The predicted octanol–water partition coefficient (Wildman–Crippen LogP) is 0.621. The van der Waals surface area contributed by atoms with Crippen molar-refractivity contribution in [2.75, 3.05) is 19.9 Å². The van der Waals surface area contributed by atoms with E-state index in [0.717, 1.165) is 0 Å². The molecule has 1 aliphatic heterocycles. The fourth-order valence-corrected chi connectivity index (χ4v) is 2.16. The third kappa shape index (κ3) is 4.82. The van der Waals surface area contributed by atoms with E-state index in [4.69, 9.17) is 10.5 Å². The number of rotatable bonds is 6. The van der Waals surface area contributed by atoms with Crippen molar-refractivity contribution in [2.24, 2.45) is 16.6 Å². The van der Waals surface area contributed by atoms with Crippen molar-refractivity contribution < 1.29 is 23.5 Å². The number of nitrogens with zero attached hydrogens (tertiary/aromatic N) is 2. The van der Waals surface area contributed by atoms with E-state index in [1.807, 2.05) is 0 Å². The molecule has 1 aromatic heterocycles. The number of ketones is 1. The van der Waals surface area contributed by atoms with Gasteiger partial charge in [-0.15, -0.1) is 0 Å². The molecule has 0 aromatic carbocycles. The summed E-state index contributed by atoms with van der Waals surface area (Å²) in [4.78, 5) is 31.1. The van der Waals surface area contributed by atoms with E-state index in [1.54, 1.807) is 12.1 Å². The molecule has 2 N–H and O–H groups in total. The molecular weight excluding hydrogens is 305 g/mol. The predicted molar refractivity (Wildman–Crippen MR) is 79.4 cm³/mol. The molecule has 1 aliphatic rings. The van der Waals surface area contributed by atoms with Gasteiger partial charge in [-0.1, -0.05) is 0 Å². The van der Waals surface area contributed by atoms with E-state index in [1.165, 1.54) is 12.4 Å². The Hall–Kier alpha value is -2.35. The number of aliphatic imine (C=N–C) groups is 1. The van der Waals surface area contributed by atoms with Crippen LogP contribution < -0.4 is 5.73 Å². The Morgan fingerprint density at radius 2 is 2.04 bits per heavy atom. The van der Waals surface area contributed by atoms with Crippen LogP contribution in [0.1, 0.15) is 18.4 Å². The van der Waals surface area contributed by atoms with Crippen molar-refractivity contribution in [2.45, 2.75) is 19.0 Å². The molecule has 1 fully saturated rings. The van der Waals surface area contributed by atoms with Gasteiger partial charge in [0.15, 0.2) is 12.5 Å². The molecule has 0 bridgehead atoms. The Morgan fingerprint density at radius 3 is 2.70 bits per heavy atom. The van der Waals surface area contributed by atoms with E-state index in [-0.39, 0.29) is 5.84 Å². The van der Waals surface area contributed by atoms with Crippen molar-refractivity contribution in [3.8, 4) is 0 Å². The van der Waals surface area contributed by atoms with Gasteiger partial charge in [0, 0.05) is 37.1 Å². The van der Waals surface area contributed by atoms with Gasteiger partial charge in [-0.2, -0.15) is 0 Å². The zero-order valence-corrected chi connectivity index (χ0v) is 12.5. The van der Waals surface area contributed by atoms with Crippen LogP contribution in [0.25, 0.3) is 0 Å². The number of Topliss-reactive ketones (excluding diaryl/α,β-unsaturated/α-hetero) is 1. The first-order chi connectivity index (χ1) is 11.1. The number of hydrogen-bond donors (Lipinski definition) is 1. The van der Waals surface area contributed by atoms with E-state index in [9.17, 15) is 14.0 Å². The summed E-state index contributed by atoms with van der Waals surface area (Å²) < 4.78 is 23.6. The fraction of sp³-hybridized carbons (Fsp3) is 0.467. The third-order valence-electron chi connectivity index (χ3n) is 3.50. The highest BCUT2D eigenvalue weighted by Gasteiger charge is 2.34. The minimum Gasteiger partial charge on any atom is -0.440 e. The molecule has 1 unspecified atom stereocenters. The van der Waals surface area contributed by atoms with Gasteiger partial charge in [0.25, 0.3) is 6.17 Å². The van der Waals surface area contributed by atoms with Crippen LogP contribution in [-0.4, -0.2) is 48.7 Å². The highest BCUT2D eigenvalue weighted by Crippen LogP contribution is 2.19. The molecule has 7 nitrogen and oxygen atoms in total. The summed E-state index contributed by atoms with van der Waals surface area (Å²) in [5.74, 6) is -2.37. The number of carbonyl (C=O) groups is 2. The standard InChI is InChI=1S/C15H18FN3O4/c16-12(13(20)10-3-7-22-8-4-10)15(21)23-9-19-14(17)11-1-5-18-6-2-11/h1-2,5-6,10,12H,3-4,7-9H2,(H2,17,19). The summed E-state index contributed by atoms with van der Waals surface area (Å²) in [7, 11) is 0. The molecule has 0 saturated carbocycles. The zero-order valence-electron chi connectivity index (χ0n) is 12.5. The van der Waals surface area contributed by atoms with Crippen LogP contribution in [0.3, 0.4) is 0 Å². The van der Waals surface area contributed by atoms with Crippen molar-refractivity contribution in [1.29, 1.82) is 0 Å². The lowest BCUT2D eigenvalue weighted by Crippen LogP contribution is -2.35. The van der Waals surface area contributed by atoms with Crippen molar-refractivity contribution >= 4 is 17.6 Å². The van der Waals surface area contributed by atoms with E-state index < -0.39 is 30.6 Å². The Labute approximate surface area is 132 Å². The maximum Gasteiger partial charge on any atom is 0.350 e. The number of ether oxygens (including phenoxy) is 2. The second kappa shape index (κ2) is 8.33. The monoisotopic (exact) mass is 323 g/mol. The summed E-state index contributed by atoms with van der Waals surface area (Å²) >= 11 is 0. The van der Waals surface area contributed by atoms with Crippen molar-refractivity contribution in [3.05, 3.63) is 30.1 Å². The molecular formula is C15H18FN3O4. The number of aromatic nitrogens is 1. The zero-order chi connectivity index (χ0) is 16.7. The van der Waals surface area contributed by atoms with Crippen LogP contribution in [0.2, 0.25) is 0 Å². The summed E-state index contributed by atoms with van der Waals surface area (Å²) in [5.41, 5.74) is 6.29.